The van der Waals surface area contributed by atoms with E-state index >= 15 is 0 Å². The van der Waals surface area contributed by atoms with E-state index in [-0.39, 0.29) is 0 Å². The summed E-state index contributed by atoms with van der Waals surface area (Å²) in [6.45, 7) is 3.37. The molecule has 6 nitrogen and oxygen atoms in total. The smallest absolute Gasteiger partial charge is 0.250 e. The molecule has 6 heteroatoms. The first-order chi connectivity index (χ1) is 10.2. The van der Waals surface area contributed by atoms with Crippen LogP contribution in [0.4, 0.5) is 5.95 Å². The van der Waals surface area contributed by atoms with E-state index in [1.54, 1.807) is 4.68 Å². The molecule has 0 unspecified atom stereocenters. The molecule has 0 saturated carbocycles. The fourth-order valence-corrected chi connectivity index (χ4v) is 2.87. The normalized spacial score (nSPS) is 17.0. The largest absolute Gasteiger partial charge is 0.342 e. The molecule has 2 aromatic rings. The topological polar surface area (TPSA) is 50.1 Å². The van der Waals surface area contributed by atoms with E-state index in [2.05, 4.69) is 39.4 Å². The van der Waals surface area contributed by atoms with Gasteiger partial charge in [0.05, 0.1) is 5.69 Å². The first kappa shape index (κ1) is 14.0. The summed E-state index contributed by atoms with van der Waals surface area (Å²) in [5.74, 6) is 1.52. The summed E-state index contributed by atoms with van der Waals surface area (Å²) in [6.07, 6.45) is 2.49. The Morgan fingerprint density at radius 2 is 1.90 bits per heavy atom. The van der Waals surface area contributed by atoms with Crippen molar-refractivity contribution in [3.63, 3.8) is 0 Å². The first-order valence-corrected chi connectivity index (χ1v) is 7.47. The summed E-state index contributed by atoms with van der Waals surface area (Å²) < 4.78 is 1.80. The maximum Gasteiger partial charge on any atom is 0.250 e. The van der Waals surface area contributed by atoms with E-state index in [1.165, 1.54) is 25.9 Å². The van der Waals surface area contributed by atoms with Gasteiger partial charge in [0.1, 0.15) is 0 Å². The van der Waals surface area contributed by atoms with Gasteiger partial charge in [-0.15, -0.1) is 0 Å². The summed E-state index contributed by atoms with van der Waals surface area (Å²) in [4.78, 5) is 4.56. The lowest BCUT2D eigenvalue weighted by molar-refractivity contribution is 0.222. The molecule has 1 fully saturated rings. The molecule has 2 heterocycles. The minimum atomic E-state index is 0.715. The average molecular weight is 286 g/mol. The van der Waals surface area contributed by atoms with Crippen molar-refractivity contribution in [2.45, 2.75) is 12.8 Å². The Kier molecular flexibility index (Phi) is 4.15. The Labute approximate surface area is 125 Å². The lowest BCUT2D eigenvalue weighted by Gasteiger charge is -2.31. The number of benzene rings is 1. The van der Waals surface area contributed by atoms with Crippen LogP contribution in [0.1, 0.15) is 12.8 Å². The Bertz CT molecular complexity index is 559. The molecule has 0 radical (unpaired) electrons. The van der Waals surface area contributed by atoms with Crippen LogP contribution in [0, 0.1) is 5.92 Å². The third kappa shape index (κ3) is 3.21. The lowest BCUT2D eigenvalue weighted by atomic mass is 9.97. The summed E-state index contributed by atoms with van der Waals surface area (Å²) in [6, 6.07) is 10.0. The number of rotatable bonds is 4. The third-order valence-corrected chi connectivity index (χ3v) is 4.17. The predicted molar refractivity (Wildman–Crippen MR) is 82.6 cm³/mol. The minimum Gasteiger partial charge on any atom is -0.342 e. The summed E-state index contributed by atoms with van der Waals surface area (Å²) in [7, 11) is 4.26. The number of aromatic nitrogens is 4. The van der Waals surface area contributed by atoms with Crippen molar-refractivity contribution < 1.29 is 0 Å². The van der Waals surface area contributed by atoms with Crippen molar-refractivity contribution in [2.75, 3.05) is 38.6 Å². The fourth-order valence-electron chi connectivity index (χ4n) is 2.87. The Morgan fingerprint density at radius 1 is 1.19 bits per heavy atom. The first-order valence-electron chi connectivity index (χ1n) is 7.47. The highest BCUT2D eigenvalue weighted by Crippen LogP contribution is 2.20. The maximum atomic E-state index is 4.19. The highest BCUT2D eigenvalue weighted by molar-refractivity contribution is 5.39. The van der Waals surface area contributed by atoms with Crippen LogP contribution in [0.3, 0.4) is 0 Å². The molecule has 1 aromatic carbocycles. The lowest BCUT2D eigenvalue weighted by Crippen LogP contribution is -2.36. The van der Waals surface area contributed by atoms with Gasteiger partial charge in [-0.2, -0.15) is 4.68 Å². The quantitative estimate of drug-likeness (QED) is 0.851. The molecule has 0 bridgehead atoms. The predicted octanol–water partition coefficient (Wildman–Crippen LogP) is 1.44. The average Bonchev–Trinajstić information content (AvgIpc) is 3.00. The molecule has 0 spiro atoms. The molecule has 0 atom stereocenters. The zero-order valence-corrected chi connectivity index (χ0v) is 12.7. The van der Waals surface area contributed by atoms with Gasteiger partial charge >= 0.3 is 0 Å². The zero-order chi connectivity index (χ0) is 14.7. The number of hydrogen-bond donors (Lipinski definition) is 0. The Balaban J connectivity index is 1.71. The van der Waals surface area contributed by atoms with Crippen molar-refractivity contribution in [3.8, 4) is 5.69 Å². The van der Waals surface area contributed by atoms with E-state index in [9.17, 15) is 0 Å². The molecule has 1 aliphatic rings. The maximum absolute atomic E-state index is 4.19. The van der Waals surface area contributed by atoms with Crippen LogP contribution in [0.15, 0.2) is 30.3 Å². The van der Waals surface area contributed by atoms with Crippen molar-refractivity contribution in [3.05, 3.63) is 30.3 Å². The van der Waals surface area contributed by atoms with Gasteiger partial charge in [-0.1, -0.05) is 23.3 Å². The molecule has 0 N–H and O–H groups in total. The molecule has 3 rings (SSSR count). The van der Waals surface area contributed by atoms with Gasteiger partial charge < -0.3 is 9.80 Å². The van der Waals surface area contributed by atoms with E-state index in [4.69, 9.17) is 0 Å². The molecule has 1 aromatic heterocycles. The molecular weight excluding hydrogens is 264 g/mol. The number of anilines is 1. The van der Waals surface area contributed by atoms with Crippen LogP contribution in [-0.2, 0) is 0 Å². The summed E-state index contributed by atoms with van der Waals surface area (Å²) in [5, 5.41) is 12.1. The second kappa shape index (κ2) is 6.22. The van der Waals surface area contributed by atoms with Gasteiger partial charge in [0.15, 0.2) is 0 Å². The number of para-hydroxylation sites is 1. The number of nitrogens with zero attached hydrogens (tertiary/aromatic N) is 6. The number of likely N-dealkylation sites (tertiary alicyclic amines) is 1. The summed E-state index contributed by atoms with van der Waals surface area (Å²) >= 11 is 0. The SMILES string of the molecule is CN1CCC(CN(C)c2nnnn2-c2ccccc2)CC1. The van der Waals surface area contributed by atoms with Crippen molar-refractivity contribution in [2.24, 2.45) is 5.92 Å². The number of tetrazole rings is 1. The van der Waals surface area contributed by atoms with Gasteiger partial charge in [-0.05, 0) is 61.5 Å². The van der Waals surface area contributed by atoms with Gasteiger partial charge in [-0.25, -0.2) is 0 Å². The van der Waals surface area contributed by atoms with Gasteiger partial charge in [0, 0.05) is 13.6 Å². The Hall–Kier alpha value is -1.95. The fraction of sp³-hybridized carbons (Fsp3) is 0.533. The van der Waals surface area contributed by atoms with Crippen LogP contribution in [0.25, 0.3) is 5.69 Å². The van der Waals surface area contributed by atoms with Gasteiger partial charge in [0.25, 0.3) is 0 Å². The van der Waals surface area contributed by atoms with Crippen LogP contribution >= 0.6 is 0 Å². The van der Waals surface area contributed by atoms with Crippen LogP contribution < -0.4 is 4.90 Å². The van der Waals surface area contributed by atoms with Crippen molar-refractivity contribution in [1.29, 1.82) is 0 Å². The minimum absolute atomic E-state index is 0.715. The highest BCUT2D eigenvalue weighted by atomic mass is 15.6. The molecule has 1 aliphatic heterocycles. The van der Waals surface area contributed by atoms with E-state index in [0.717, 1.165) is 18.2 Å². The van der Waals surface area contributed by atoms with Crippen LogP contribution in [-0.4, -0.2) is 58.8 Å². The van der Waals surface area contributed by atoms with E-state index in [1.807, 2.05) is 30.3 Å². The molecule has 112 valence electrons. The molecule has 0 aliphatic carbocycles. The Morgan fingerprint density at radius 3 is 2.62 bits per heavy atom. The molecule has 21 heavy (non-hydrogen) atoms. The third-order valence-electron chi connectivity index (χ3n) is 4.17. The standard InChI is InChI=1S/C15H22N6/c1-19-10-8-13(9-11-19)12-20(2)15-16-17-18-21(15)14-6-4-3-5-7-14/h3-7,13H,8-12H2,1-2H3. The molecule has 1 saturated heterocycles. The van der Waals surface area contributed by atoms with Crippen molar-refractivity contribution >= 4 is 5.95 Å². The molecular formula is C15H22N6. The van der Waals surface area contributed by atoms with E-state index in [0.29, 0.717) is 5.92 Å². The van der Waals surface area contributed by atoms with E-state index < -0.39 is 0 Å². The monoisotopic (exact) mass is 286 g/mol. The van der Waals surface area contributed by atoms with Gasteiger partial charge in [-0.3, -0.25) is 0 Å². The zero-order valence-electron chi connectivity index (χ0n) is 12.7. The second-order valence-electron chi connectivity index (χ2n) is 5.85. The van der Waals surface area contributed by atoms with Crippen molar-refractivity contribution in [1.82, 2.24) is 25.1 Å². The highest BCUT2D eigenvalue weighted by Gasteiger charge is 2.21. The second-order valence-corrected chi connectivity index (χ2v) is 5.85. The van der Waals surface area contributed by atoms with Crippen LogP contribution in [0.5, 0.6) is 0 Å². The number of piperidine rings is 1. The van der Waals surface area contributed by atoms with Crippen LogP contribution in [0.2, 0.25) is 0 Å². The van der Waals surface area contributed by atoms with Gasteiger partial charge in [0.2, 0.25) is 5.95 Å². The molecule has 0 amide bonds. The number of hydrogen-bond acceptors (Lipinski definition) is 5. The summed E-state index contributed by atoms with van der Waals surface area (Å²) in [5.41, 5.74) is 0.993.